The van der Waals surface area contributed by atoms with Gasteiger partial charge in [-0.25, -0.2) is 0 Å². The number of Topliss-reactive ketones (excluding diaryl/α,β-unsaturated/α-hetero) is 1. The number of ether oxygens (including phenoxy) is 11. The van der Waals surface area contributed by atoms with Crippen LogP contribution in [0.15, 0.2) is 5.16 Å². The van der Waals surface area contributed by atoms with Crippen molar-refractivity contribution in [2.45, 2.75) is 227 Å². The number of carbonyl (C=O) groups is 5. The summed E-state index contributed by atoms with van der Waals surface area (Å²) in [6.07, 6.45) is -12.9. The third kappa shape index (κ3) is 17.8. The lowest BCUT2D eigenvalue weighted by molar-refractivity contribution is -0.305. The summed E-state index contributed by atoms with van der Waals surface area (Å²) < 4.78 is 69.8. The second-order valence-electron chi connectivity index (χ2n) is 22.9. The predicted octanol–water partition coefficient (Wildman–Crippen LogP) is 4.35. The molecule has 22 heteroatoms. The van der Waals surface area contributed by atoms with Gasteiger partial charge in [0, 0.05) is 90.8 Å². The zero-order chi connectivity index (χ0) is 57.8. The zero-order valence-electron chi connectivity index (χ0n) is 49.1. The van der Waals surface area contributed by atoms with E-state index in [2.05, 4.69) is 15.4 Å². The van der Waals surface area contributed by atoms with Crippen LogP contribution < -0.4 is 5.32 Å². The Hall–Kier alpha value is -3.42. The predicted molar refractivity (Wildman–Crippen MR) is 280 cm³/mol. The fourth-order valence-electron chi connectivity index (χ4n) is 11.7. The second-order valence-corrected chi connectivity index (χ2v) is 22.9. The van der Waals surface area contributed by atoms with Gasteiger partial charge in [0.05, 0.1) is 54.7 Å². The molecule has 0 aromatic rings. The molecule has 0 saturated carbocycles. The third-order valence-electron chi connectivity index (χ3n) is 15.6. The smallest absolute Gasteiger partial charge is 0.311 e. The van der Waals surface area contributed by atoms with Crippen molar-refractivity contribution < 1.29 is 91.1 Å². The fraction of sp³-hybridized carbons (Fsp3) is 0.891. The van der Waals surface area contributed by atoms with Gasteiger partial charge in [-0.15, -0.1) is 0 Å². The number of rotatable bonds is 18. The van der Waals surface area contributed by atoms with E-state index in [1.165, 1.54) is 42.1 Å². The van der Waals surface area contributed by atoms with Gasteiger partial charge in [0.15, 0.2) is 30.3 Å². The molecule has 3 N–H and O–H groups in total. The van der Waals surface area contributed by atoms with Crippen molar-refractivity contribution in [2.75, 3.05) is 47.6 Å². The number of hydrogen-bond acceptors (Lipinski definition) is 21. The summed E-state index contributed by atoms with van der Waals surface area (Å²) in [6.45, 7) is 27.2. The highest BCUT2D eigenvalue weighted by atomic mass is 16.7. The van der Waals surface area contributed by atoms with E-state index >= 15 is 9.59 Å². The van der Waals surface area contributed by atoms with Crippen LogP contribution in [0.25, 0.3) is 0 Å². The fourth-order valence-corrected chi connectivity index (χ4v) is 11.7. The number of carbonyl (C=O) groups excluding carboxylic acids is 5. The molecule has 4 aliphatic heterocycles. The number of nitrogens with zero attached hydrogens (tertiary/aromatic N) is 2. The third-order valence-corrected chi connectivity index (χ3v) is 15.6. The Morgan fingerprint density at radius 1 is 0.818 bits per heavy atom. The normalized spacial score (nSPS) is 40.2. The second kappa shape index (κ2) is 29.9. The molecule has 4 aliphatic rings. The molecular weight excluding hydrogens is 1010 g/mol. The van der Waals surface area contributed by atoms with Crippen LogP contribution in [-0.4, -0.2) is 196 Å². The Balaban J connectivity index is 1.94. The monoisotopic (exact) mass is 1100 g/mol. The van der Waals surface area contributed by atoms with Crippen molar-refractivity contribution >= 4 is 35.3 Å². The van der Waals surface area contributed by atoms with Crippen LogP contribution in [0, 0.1) is 41.4 Å². The van der Waals surface area contributed by atoms with Gasteiger partial charge >= 0.3 is 17.9 Å². The summed E-state index contributed by atoms with van der Waals surface area (Å²) in [5.41, 5.74) is -1.59. The summed E-state index contributed by atoms with van der Waals surface area (Å²) in [7, 11) is 4.27. The van der Waals surface area contributed by atoms with Crippen LogP contribution in [0.4, 0.5) is 0 Å². The number of aliphatic hydroxyl groups excluding tert-OH is 2. The molecule has 0 aromatic heterocycles. The number of methoxy groups -OCH3 is 2. The summed E-state index contributed by atoms with van der Waals surface area (Å²) in [5.74, 6) is -8.23. The molecule has 0 spiro atoms. The molecule has 4 saturated heterocycles. The van der Waals surface area contributed by atoms with E-state index in [1.54, 1.807) is 41.5 Å². The summed E-state index contributed by atoms with van der Waals surface area (Å²) in [5, 5.41) is 29.6. The summed E-state index contributed by atoms with van der Waals surface area (Å²) in [6, 6.07) is -0.110. The van der Waals surface area contributed by atoms with Gasteiger partial charge in [0.25, 0.3) is 0 Å². The highest BCUT2D eigenvalue weighted by Crippen LogP contribution is 2.40. The van der Waals surface area contributed by atoms with Gasteiger partial charge in [0.1, 0.15) is 43.7 Å². The van der Waals surface area contributed by atoms with Crippen molar-refractivity contribution in [1.29, 1.82) is 0 Å². The number of amides is 1. The molecule has 1 amide bonds. The molecule has 4 rings (SSSR count). The Morgan fingerprint density at radius 2 is 1.48 bits per heavy atom. The van der Waals surface area contributed by atoms with E-state index in [-0.39, 0.29) is 55.6 Å². The topological polar surface area (TPSA) is 264 Å². The number of oxime groups is 1. The summed E-state index contributed by atoms with van der Waals surface area (Å²) in [4.78, 5) is 77.0. The first kappa shape index (κ1) is 66.1. The molecule has 4 heterocycles. The minimum absolute atomic E-state index is 0.0125. The molecule has 22 nitrogen and oxygen atoms in total. The molecule has 0 aliphatic carbocycles. The van der Waals surface area contributed by atoms with Gasteiger partial charge < -0.3 is 72.5 Å². The molecule has 0 aromatic carbocycles. The maximum absolute atomic E-state index is 15.5. The van der Waals surface area contributed by atoms with Crippen molar-refractivity contribution in [2.24, 2.45) is 46.6 Å². The van der Waals surface area contributed by atoms with Crippen molar-refractivity contribution in [3.05, 3.63) is 0 Å². The molecule has 0 unspecified atom stereocenters. The maximum Gasteiger partial charge on any atom is 0.311 e. The van der Waals surface area contributed by atoms with E-state index in [4.69, 9.17) is 56.9 Å². The van der Waals surface area contributed by atoms with E-state index in [1.807, 2.05) is 41.5 Å². The number of esters is 3. The number of ketones is 1. The minimum atomic E-state index is -1.87. The lowest BCUT2D eigenvalue weighted by Crippen LogP contribution is -2.59. The average Bonchev–Trinajstić information content (AvgIpc) is 3.48. The van der Waals surface area contributed by atoms with E-state index < -0.39 is 145 Å². The van der Waals surface area contributed by atoms with Crippen LogP contribution in [0.5, 0.6) is 0 Å². The first-order valence-corrected chi connectivity index (χ1v) is 27.6. The van der Waals surface area contributed by atoms with Crippen molar-refractivity contribution in [1.82, 2.24) is 10.2 Å². The SMILES string of the molecule is CON=C1C[C@@H](C)O[C@@H](O[C@@H]2[C@@H](C)[C@H](O[C@H]3C[C@H](C)N(CCNC(C)=O)C[C@H](C)O3)[C@@H](C)C(=O)O[C@H]([C@@H](C)CO[C@@H]3O[C@H](C)[C@@H](O)[C@@H](OC)[C@H]3OC)[C@H](C)[C@@H](OC(=O)CC(C)C)[C@@H](C)C(=O)[C@@](C)(OC(C)=O)C[C@@H]2C)[C@@H]1O. The lowest BCUT2D eigenvalue weighted by atomic mass is 9.74. The molecular formula is C55H95N3O19. The van der Waals surface area contributed by atoms with Gasteiger partial charge in [0.2, 0.25) is 5.91 Å². The van der Waals surface area contributed by atoms with Crippen molar-refractivity contribution in [3.63, 3.8) is 0 Å². The van der Waals surface area contributed by atoms with Gasteiger partial charge in [-0.05, 0) is 59.8 Å². The summed E-state index contributed by atoms with van der Waals surface area (Å²) >= 11 is 0. The van der Waals surface area contributed by atoms with Gasteiger partial charge in [-0.3, -0.25) is 28.9 Å². The Morgan fingerprint density at radius 3 is 2.08 bits per heavy atom. The highest BCUT2D eigenvalue weighted by molar-refractivity contribution is 5.91. The highest BCUT2D eigenvalue weighted by Gasteiger charge is 2.52. The Bertz CT molecular complexity index is 1940. The number of cyclic esters (lactones) is 1. The molecule has 4 fully saturated rings. The first-order chi connectivity index (χ1) is 36.1. The molecule has 0 radical (unpaired) electrons. The van der Waals surface area contributed by atoms with Crippen LogP contribution in [0.1, 0.15) is 130 Å². The van der Waals surface area contributed by atoms with E-state index in [0.29, 0.717) is 26.1 Å². The van der Waals surface area contributed by atoms with Crippen molar-refractivity contribution in [3.8, 4) is 0 Å². The molecule has 77 heavy (non-hydrogen) atoms. The largest absolute Gasteiger partial charge is 0.461 e. The molecule has 22 atom stereocenters. The van der Waals surface area contributed by atoms with Crippen LogP contribution in [0.3, 0.4) is 0 Å². The number of hydrogen-bond donors (Lipinski definition) is 3. The lowest BCUT2D eigenvalue weighted by Gasteiger charge is -2.45. The molecule has 444 valence electrons. The number of nitrogens with one attached hydrogen (secondary N) is 1. The number of aliphatic hydroxyl groups is 2. The molecule has 0 bridgehead atoms. The standard InChI is InChI=1S/C55H95N3O19/c1-27(2)21-41(61)73-47-34(9)46(29(4)26-69-54-50(67-17)49(66-16)43(62)37(12)72-54)75-52(65)36(11)48(74-42-22-30(5)58(25-32(7)70-42)20-19-56-38(13)59)33(8)45(76-53-44(63)40(57-68-18)23-31(6)71-53)28(3)24-55(15,77-39(14)60)51(64)35(47)10/h27-37,42-50,53-54,62-63H,19-26H2,1-18H3,(H,56,59)/t28-,29-,30-,31+,32-,33+,34-,35+,36+,37+,42-,43+,44+,45-,46+,47+,48-,49+,50+,53-,54+,55-/m0/s1. The maximum atomic E-state index is 15.5. The van der Waals surface area contributed by atoms with Gasteiger partial charge in [-0.2, -0.15) is 0 Å². The van der Waals surface area contributed by atoms with Gasteiger partial charge in [-0.1, -0.05) is 53.6 Å². The minimum Gasteiger partial charge on any atom is -0.461 e. The van der Waals surface area contributed by atoms with Crippen LogP contribution >= 0.6 is 0 Å². The van der Waals surface area contributed by atoms with Crippen LogP contribution in [-0.2, 0) is 80.9 Å². The van der Waals surface area contributed by atoms with E-state index in [9.17, 15) is 24.6 Å². The van der Waals surface area contributed by atoms with E-state index in [0.717, 1.165) is 0 Å². The van der Waals surface area contributed by atoms with Crippen LogP contribution in [0.2, 0.25) is 0 Å². The zero-order valence-corrected chi connectivity index (χ0v) is 49.1. The average molecular weight is 1100 g/mol. The quantitative estimate of drug-likeness (QED) is 0.0979. The Labute approximate surface area is 456 Å². The first-order valence-electron chi connectivity index (χ1n) is 27.6. The Kier molecular flexibility index (Phi) is 25.6.